The largest absolute Gasteiger partial charge is 0.216 e. The molecule has 0 heterocycles. The van der Waals surface area contributed by atoms with Crippen LogP contribution in [0, 0.1) is 0 Å². The minimum Gasteiger partial charge on any atom is -0.0902 e. The van der Waals surface area contributed by atoms with Gasteiger partial charge in [0, 0.05) is 1.43 Å². The lowest BCUT2D eigenvalue weighted by atomic mass is 10.1. The first kappa shape index (κ1) is 13.5. The Morgan fingerprint density at radius 1 is 0.846 bits per heavy atom. The van der Waals surface area contributed by atoms with Gasteiger partial charge in [-0.25, -0.2) is 0 Å². The summed E-state index contributed by atoms with van der Waals surface area (Å²) in [4.78, 5) is 0. The molecule has 80 valence electrons. The van der Waals surface area contributed by atoms with E-state index in [0.29, 0.717) is 0 Å². The maximum absolute atomic E-state index is 2.31. The molecule has 0 N–H and O–H groups in total. The highest BCUT2D eigenvalue weighted by molar-refractivity contribution is 6.11. The predicted molar refractivity (Wildman–Crippen MR) is 67.3 cm³/mol. The SMILES string of the molecule is CCCCCCCC[CH]([AlH2])CCC.[HH]. The van der Waals surface area contributed by atoms with E-state index in [4.69, 9.17) is 0 Å². The van der Waals surface area contributed by atoms with Crippen molar-refractivity contribution < 1.29 is 1.43 Å². The third-order valence-electron chi connectivity index (χ3n) is 2.83. The topological polar surface area (TPSA) is 0 Å². The molecule has 0 spiro atoms. The summed E-state index contributed by atoms with van der Waals surface area (Å²) >= 11 is 1.42. The molecule has 13 heavy (non-hydrogen) atoms. The molecule has 1 unspecified atom stereocenters. The van der Waals surface area contributed by atoms with Crippen molar-refractivity contribution >= 4 is 16.3 Å². The molecule has 0 saturated heterocycles. The van der Waals surface area contributed by atoms with Crippen LogP contribution >= 0.6 is 0 Å². The van der Waals surface area contributed by atoms with Gasteiger partial charge in [0.2, 0.25) is 16.3 Å². The Balaban J connectivity index is 0. The molecule has 0 aromatic carbocycles. The second-order valence-electron chi connectivity index (χ2n) is 4.45. The van der Waals surface area contributed by atoms with Crippen molar-refractivity contribution in [3.05, 3.63) is 0 Å². The standard InChI is InChI=1S/C12H25.Al.H2.2H/c1-3-5-7-9-11-12-10-8-6-4-2;;;;/h7H,3-6,8-12H2,1-2H3;;1H;;. The molecule has 0 aromatic heterocycles. The summed E-state index contributed by atoms with van der Waals surface area (Å²) in [7, 11) is 0. The maximum atomic E-state index is 2.31. The fourth-order valence-electron chi connectivity index (χ4n) is 1.91. The minimum atomic E-state index is 0. The zero-order chi connectivity index (χ0) is 9.94. The third kappa shape index (κ3) is 10.5. The first-order valence-electron chi connectivity index (χ1n) is 6.31. The molecule has 0 nitrogen and oxygen atoms in total. The summed E-state index contributed by atoms with van der Waals surface area (Å²) < 4.78 is 1.11. The zero-order valence-electron chi connectivity index (χ0n) is 9.94. The van der Waals surface area contributed by atoms with Gasteiger partial charge in [-0.1, -0.05) is 76.4 Å². The Morgan fingerprint density at radius 2 is 1.46 bits per heavy atom. The normalized spacial score (nSPS) is 13.1. The molecule has 0 saturated carbocycles. The molecular weight excluding hydrogens is 171 g/mol. The van der Waals surface area contributed by atoms with Crippen LogP contribution in [0.2, 0.25) is 4.78 Å². The van der Waals surface area contributed by atoms with Gasteiger partial charge >= 0.3 is 0 Å². The van der Waals surface area contributed by atoms with Crippen molar-refractivity contribution in [3.63, 3.8) is 0 Å². The Morgan fingerprint density at radius 3 is 2.08 bits per heavy atom. The van der Waals surface area contributed by atoms with Gasteiger partial charge in [0.15, 0.2) is 0 Å². The number of hydrogen-bond acceptors (Lipinski definition) is 0. The van der Waals surface area contributed by atoms with Crippen LogP contribution in [-0.2, 0) is 0 Å². The van der Waals surface area contributed by atoms with Gasteiger partial charge < -0.3 is 0 Å². The van der Waals surface area contributed by atoms with Crippen LogP contribution in [-0.4, -0.2) is 16.3 Å². The molecule has 0 bridgehead atoms. The van der Waals surface area contributed by atoms with E-state index in [1.54, 1.807) is 0 Å². The Labute approximate surface area is 94.4 Å². The van der Waals surface area contributed by atoms with Gasteiger partial charge in [-0.15, -0.1) is 0 Å². The zero-order valence-corrected chi connectivity index (χ0v) is 11.9. The smallest absolute Gasteiger partial charge is 0.0902 e. The summed E-state index contributed by atoms with van der Waals surface area (Å²) in [5.74, 6) is 0. The van der Waals surface area contributed by atoms with Gasteiger partial charge in [-0.3, -0.25) is 0 Å². The van der Waals surface area contributed by atoms with Crippen molar-refractivity contribution in [1.29, 1.82) is 0 Å². The Kier molecular flexibility index (Phi) is 11.0. The van der Waals surface area contributed by atoms with E-state index in [0.717, 1.165) is 4.78 Å². The van der Waals surface area contributed by atoms with Crippen LogP contribution in [0.15, 0.2) is 0 Å². The van der Waals surface area contributed by atoms with Gasteiger partial charge in [-0.2, -0.15) is 0 Å². The van der Waals surface area contributed by atoms with Crippen LogP contribution < -0.4 is 0 Å². The Bertz CT molecular complexity index is 96.3. The highest BCUT2D eigenvalue weighted by atomic mass is 27.0. The molecule has 0 aromatic rings. The summed E-state index contributed by atoms with van der Waals surface area (Å²) in [6.07, 6.45) is 13.2. The second kappa shape index (κ2) is 10.6. The molecule has 0 rings (SSSR count). The first-order chi connectivity index (χ1) is 6.31. The van der Waals surface area contributed by atoms with Crippen LogP contribution in [0.5, 0.6) is 0 Å². The van der Waals surface area contributed by atoms with Crippen LogP contribution in [0.1, 0.15) is 73.1 Å². The lowest BCUT2D eigenvalue weighted by molar-refractivity contribution is 0.562. The highest BCUT2D eigenvalue weighted by Crippen LogP contribution is 2.18. The second-order valence-corrected chi connectivity index (χ2v) is 6.08. The van der Waals surface area contributed by atoms with Crippen molar-refractivity contribution in [1.82, 2.24) is 0 Å². The van der Waals surface area contributed by atoms with Crippen LogP contribution in [0.3, 0.4) is 0 Å². The first-order valence-corrected chi connectivity index (χ1v) is 7.46. The van der Waals surface area contributed by atoms with E-state index in [1.165, 1.54) is 74.1 Å². The van der Waals surface area contributed by atoms with Gasteiger partial charge in [0.25, 0.3) is 0 Å². The molecule has 0 radical (unpaired) electrons. The number of hydrogen-bond donors (Lipinski definition) is 0. The summed E-state index contributed by atoms with van der Waals surface area (Å²) in [6.45, 7) is 4.60. The maximum Gasteiger partial charge on any atom is 0.216 e. The van der Waals surface area contributed by atoms with Crippen molar-refractivity contribution in [2.45, 2.75) is 76.4 Å². The van der Waals surface area contributed by atoms with E-state index in [9.17, 15) is 0 Å². The quantitative estimate of drug-likeness (QED) is 0.386. The third-order valence-corrected chi connectivity index (χ3v) is 3.99. The molecule has 0 aliphatic heterocycles. The van der Waals surface area contributed by atoms with Crippen LogP contribution in [0.25, 0.3) is 0 Å². The number of rotatable bonds is 9. The monoisotopic (exact) mass is 200 g/mol. The summed E-state index contributed by atoms with van der Waals surface area (Å²) in [5, 5.41) is 0. The van der Waals surface area contributed by atoms with E-state index < -0.39 is 0 Å². The van der Waals surface area contributed by atoms with Crippen LogP contribution in [0.4, 0.5) is 0 Å². The molecule has 0 fully saturated rings. The lowest BCUT2D eigenvalue weighted by Crippen LogP contribution is -1.91. The van der Waals surface area contributed by atoms with Gasteiger partial charge in [0.1, 0.15) is 0 Å². The Hall–Kier alpha value is 0.532. The van der Waals surface area contributed by atoms with E-state index >= 15 is 0 Å². The molecular formula is C12H29Al. The van der Waals surface area contributed by atoms with E-state index in [2.05, 4.69) is 13.8 Å². The molecule has 1 heteroatoms. The highest BCUT2D eigenvalue weighted by Gasteiger charge is 1.99. The fourth-order valence-corrected chi connectivity index (χ4v) is 2.90. The van der Waals surface area contributed by atoms with Gasteiger partial charge in [0.05, 0.1) is 0 Å². The summed E-state index contributed by atoms with van der Waals surface area (Å²) in [5.41, 5.74) is 0. The lowest BCUT2D eigenvalue weighted by Gasteiger charge is -2.08. The minimum absolute atomic E-state index is 0. The molecule has 0 aliphatic rings. The average molecular weight is 200 g/mol. The van der Waals surface area contributed by atoms with Crippen molar-refractivity contribution in [2.24, 2.45) is 0 Å². The molecule has 1 atom stereocenters. The molecule has 0 aliphatic carbocycles. The van der Waals surface area contributed by atoms with E-state index in [-0.39, 0.29) is 1.43 Å². The molecule has 0 amide bonds. The van der Waals surface area contributed by atoms with Crippen molar-refractivity contribution in [2.75, 3.05) is 0 Å². The summed E-state index contributed by atoms with van der Waals surface area (Å²) in [6, 6.07) is 0. The predicted octanol–water partition coefficient (Wildman–Crippen LogP) is 4.20. The van der Waals surface area contributed by atoms with E-state index in [1.807, 2.05) is 0 Å². The van der Waals surface area contributed by atoms with Gasteiger partial charge in [-0.05, 0) is 0 Å². The fraction of sp³-hybridized carbons (Fsp3) is 1.00. The van der Waals surface area contributed by atoms with Crippen molar-refractivity contribution in [3.8, 4) is 0 Å². The number of unbranched alkanes of at least 4 members (excludes halogenated alkanes) is 5. The average Bonchev–Trinajstić information content (AvgIpc) is 2.11.